The van der Waals surface area contributed by atoms with Crippen LogP contribution in [0.5, 0.6) is 0 Å². The fourth-order valence-electron chi connectivity index (χ4n) is 1.47. The van der Waals surface area contributed by atoms with Gasteiger partial charge in [0.25, 0.3) is 0 Å². The molecule has 2 heterocycles. The molecule has 0 aliphatic carbocycles. The molecular weight excluding hydrogens is 136 g/mol. The standard InChI is InChI=1S/C9H12N2/c1-7-3-4-9-10-8(2)6-11(9)5-7/h5-6H,3-4H2,1-2H3. The maximum Gasteiger partial charge on any atom is 0.113 e. The van der Waals surface area contributed by atoms with Crippen LogP contribution in [0.25, 0.3) is 6.20 Å². The monoisotopic (exact) mass is 148 g/mol. The van der Waals surface area contributed by atoms with E-state index in [1.165, 1.54) is 11.4 Å². The van der Waals surface area contributed by atoms with Crippen LogP contribution >= 0.6 is 0 Å². The summed E-state index contributed by atoms with van der Waals surface area (Å²) in [6.07, 6.45) is 6.50. The molecule has 58 valence electrons. The quantitative estimate of drug-likeness (QED) is 0.550. The number of nitrogens with zero attached hydrogens (tertiary/aromatic N) is 2. The number of allylic oxidation sites excluding steroid dienone is 1. The molecular formula is C9H12N2. The molecule has 2 heteroatoms. The van der Waals surface area contributed by atoms with E-state index in [0.29, 0.717) is 0 Å². The van der Waals surface area contributed by atoms with E-state index in [1.807, 2.05) is 6.92 Å². The number of aromatic nitrogens is 2. The van der Waals surface area contributed by atoms with Gasteiger partial charge in [-0.2, -0.15) is 0 Å². The molecule has 0 saturated heterocycles. The van der Waals surface area contributed by atoms with Crippen molar-refractivity contribution in [2.24, 2.45) is 0 Å². The van der Waals surface area contributed by atoms with Gasteiger partial charge >= 0.3 is 0 Å². The maximum atomic E-state index is 4.40. The van der Waals surface area contributed by atoms with Crippen LogP contribution in [0.4, 0.5) is 0 Å². The van der Waals surface area contributed by atoms with E-state index in [0.717, 1.165) is 18.5 Å². The Labute approximate surface area is 66.6 Å². The summed E-state index contributed by atoms with van der Waals surface area (Å²) >= 11 is 0. The molecule has 2 rings (SSSR count). The lowest BCUT2D eigenvalue weighted by molar-refractivity contribution is 0.803. The molecule has 1 aliphatic rings. The third-order valence-corrected chi connectivity index (χ3v) is 2.03. The van der Waals surface area contributed by atoms with Gasteiger partial charge in [-0.05, 0) is 20.3 Å². The number of hydrogen-bond acceptors (Lipinski definition) is 1. The van der Waals surface area contributed by atoms with Crippen molar-refractivity contribution in [3.63, 3.8) is 0 Å². The van der Waals surface area contributed by atoms with Gasteiger partial charge < -0.3 is 4.57 Å². The minimum Gasteiger partial charge on any atom is -0.310 e. The summed E-state index contributed by atoms with van der Waals surface area (Å²) in [6, 6.07) is 0. The third-order valence-electron chi connectivity index (χ3n) is 2.03. The van der Waals surface area contributed by atoms with Crippen LogP contribution in [0.2, 0.25) is 0 Å². The predicted octanol–water partition coefficient (Wildman–Crippen LogP) is 2.00. The van der Waals surface area contributed by atoms with E-state index in [9.17, 15) is 0 Å². The number of hydrogen-bond donors (Lipinski definition) is 0. The smallest absolute Gasteiger partial charge is 0.113 e. The van der Waals surface area contributed by atoms with Crippen molar-refractivity contribution in [3.05, 3.63) is 23.3 Å². The fourth-order valence-corrected chi connectivity index (χ4v) is 1.47. The molecule has 0 bridgehead atoms. The fraction of sp³-hybridized carbons (Fsp3) is 0.444. The van der Waals surface area contributed by atoms with Gasteiger partial charge in [-0.15, -0.1) is 0 Å². The lowest BCUT2D eigenvalue weighted by Crippen LogP contribution is -2.02. The summed E-state index contributed by atoms with van der Waals surface area (Å²) in [6.45, 7) is 4.20. The Bertz CT molecular complexity index is 307. The summed E-state index contributed by atoms with van der Waals surface area (Å²) in [5.41, 5.74) is 2.56. The van der Waals surface area contributed by atoms with Gasteiger partial charge in [-0.1, -0.05) is 5.57 Å². The molecule has 11 heavy (non-hydrogen) atoms. The maximum absolute atomic E-state index is 4.40. The topological polar surface area (TPSA) is 17.8 Å². The first-order valence-corrected chi connectivity index (χ1v) is 3.97. The highest BCUT2D eigenvalue weighted by Gasteiger charge is 2.08. The van der Waals surface area contributed by atoms with Crippen molar-refractivity contribution in [2.75, 3.05) is 0 Å². The molecule has 0 saturated carbocycles. The van der Waals surface area contributed by atoms with E-state index in [2.05, 4.69) is 28.9 Å². The van der Waals surface area contributed by atoms with Crippen molar-refractivity contribution in [1.29, 1.82) is 0 Å². The Balaban J connectivity index is 2.50. The number of rotatable bonds is 0. The average Bonchev–Trinajstić information content (AvgIpc) is 2.27. The Morgan fingerprint density at radius 2 is 2.18 bits per heavy atom. The normalized spacial score (nSPS) is 16.0. The van der Waals surface area contributed by atoms with Gasteiger partial charge in [0.15, 0.2) is 0 Å². The molecule has 0 aromatic carbocycles. The summed E-state index contributed by atoms with van der Waals surface area (Å²) in [5.74, 6) is 1.20. The van der Waals surface area contributed by atoms with Crippen molar-refractivity contribution in [2.45, 2.75) is 26.7 Å². The summed E-state index contributed by atoms with van der Waals surface area (Å²) in [7, 11) is 0. The number of imidazole rings is 1. The van der Waals surface area contributed by atoms with Crippen molar-refractivity contribution < 1.29 is 0 Å². The van der Waals surface area contributed by atoms with Gasteiger partial charge in [-0.25, -0.2) is 4.98 Å². The van der Waals surface area contributed by atoms with Gasteiger partial charge in [0.2, 0.25) is 0 Å². The van der Waals surface area contributed by atoms with Crippen LogP contribution in [0.3, 0.4) is 0 Å². The molecule has 0 spiro atoms. The van der Waals surface area contributed by atoms with E-state index < -0.39 is 0 Å². The minimum atomic E-state index is 1.09. The Hall–Kier alpha value is -1.05. The van der Waals surface area contributed by atoms with Crippen LogP contribution in [0.15, 0.2) is 11.8 Å². The van der Waals surface area contributed by atoms with Crippen LogP contribution in [-0.2, 0) is 6.42 Å². The van der Waals surface area contributed by atoms with Gasteiger partial charge in [0.1, 0.15) is 5.82 Å². The molecule has 1 aliphatic heterocycles. The van der Waals surface area contributed by atoms with Crippen LogP contribution in [-0.4, -0.2) is 9.55 Å². The first-order chi connectivity index (χ1) is 5.25. The Morgan fingerprint density at radius 1 is 1.36 bits per heavy atom. The van der Waals surface area contributed by atoms with Gasteiger partial charge in [0, 0.05) is 18.8 Å². The zero-order valence-corrected chi connectivity index (χ0v) is 6.96. The van der Waals surface area contributed by atoms with Crippen LogP contribution in [0, 0.1) is 6.92 Å². The highest BCUT2D eigenvalue weighted by molar-refractivity contribution is 5.35. The average molecular weight is 148 g/mol. The molecule has 2 nitrogen and oxygen atoms in total. The summed E-state index contributed by atoms with van der Waals surface area (Å²) < 4.78 is 2.13. The van der Waals surface area contributed by atoms with Crippen LogP contribution in [0.1, 0.15) is 24.9 Å². The molecule has 0 amide bonds. The minimum absolute atomic E-state index is 1.09. The summed E-state index contributed by atoms with van der Waals surface area (Å²) in [4.78, 5) is 4.40. The largest absolute Gasteiger partial charge is 0.310 e. The zero-order valence-electron chi connectivity index (χ0n) is 6.96. The Kier molecular flexibility index (Phi) is 1.34. The van der Waals surface area contributed by atoms with Crippen LogP contribution < -0.4 is 0 Å². The molecule has 0 N–H and O–H groups in total. The molecule has 0 unspecified atom stereocenters. The number of aryl methyl sites for hydroxylation is 2. The van der Waals surface area contributed by atoms with Crippen molar-refractivity contribution in [1.82, 2.24) is 9.55 Å². The Morgan fingerprint density at radius 3 is 3.00 bits per heavy atom. The van der Waals surface area contributed by atoms with Gasteiger partial charge in [0.05, 0.1) is 5.69 Å². The molecule has 1 aromatic heterocycles. The van der Waals surface area contributed by atoms with E-state index in [4.69, 9.17) is 0 Å². The van der Waals surface area contributed by atoms with E-state index in [1.54, 1.807) is 0 Å². The second-order valence-corrected chi connectivity index (χ2v) is 3.18. The SMILES string of the molecule is CC1=Cn2cc(C)nc2CC1. The second-order valence-electron chi connectivity index (χ2n) is 3.18. The molecule has 0 fully saturated rings. The van der Waals surface area contributed by atoms with E-state index in [-0.39, 0.29) is 0 Å². The van der Waals surface area contributed by atoms with Crippen molar-refractivity contribution in [3.8, 4) is 0 Å². The first-order valence-electron chi connectivity index (χ1n) is 3.97. The number of fused-ring (bicyclic) bond motifs is 1. The first kappa shape index (κ1) is 6.65. The third kappa shape index (κ3) is 1.09. The molecule has 1 aromatic rings. The van der Waals surface area contributed by atoms with Crippen molar-refractivity contribution >= 4 is 6.20 Å². The zero-order chi connectivity index (χ0) is 7.84. The molecule has 0 radical (unpaired) electrons. The lowest BCUT2D eigenvalue weighted by Gasteiger charge is -2.10. The second kappa shape index (κ2) is 2.22. The van der Waals surface area contributed by atoms with E-state index >= 15 is 0 Å². The summed E-state index contributed by atoms with van der Waals surface area (Å²) in [5, 5.41) is 0. The highest BCUT2D eigenvalue weighted by atomic mass is 15.1. The van der Waals surface area contributed by atoms with Gasteiger partial charge in [-0.3, -0.25) is 0 Å². The molecule has 0 atom stereocenters. The lowest BCUT2D eigenvalue weighted by atomic mass is 10.1. The highest BCUT2D eigenvalue weighted by Crippen LogP contribution is 2.16. The predicted molar refractivity (Wildman–Crippen MR) is 45.2 cm³/mol.